The zero-order chi connectivity index (χ0) is 42.5. The zero-order valence-corrected chi connectivity index (χ0v) is 35.1. The molecule has 0 aromatic heterocycles. The highest BCUT2D eigenvalue weighted by Gasteiger charge is 2.44. The minimum Gasteiger partial charge on any atom is -0.465 e. The van der Waals surface area contributed by atoms with Crippen LogP contribution in [0.15, 0.2) is 24.3 Å². The highest BCUT2D eigenvalue weighted by Crippen LogP contribution is 2.34. The Morgan fingerprint density at radius 2 is 1.54 bits per heavy atom. The van der Waals surface area contributed by atoms with Crippen LogP contribution in [0, 0.1) is 22.2 Å². The Morgan fingerprint density at radius 3 is 2.11 bits per heavy atom. The molecule has 3 heterocycles. The van der Waals surface area contributed by atoms with Crippen LogP contribution in [0.3, 0.4) is 0 Å². The second-order valence-corrected chi connectivity index (χ2v) is 19.1. The Labute approximate surface area is 337 Å². The molecule has 1 saturated carbocycles. The van der Waals surface area contributed by atoms with E-state index in [0.717, 1.165) is 31.2 Å². The zero-order valence-electron chi connectivity index (χ0n) is 35.1. The molecule has 6 N–H and O–H groups in total. The molecule has 57 heavy (non-hydrogen) atoms. The van der Waals surface area contributed by atoms with Crippen molar-refractivity contribution >= 4 is 41.5 Å². The first-order chi connectivity index (χ1) is 26.5. The lowest BCUT2D eigenvalue weighted by Crippen LogP contribution is -2.62. The number of primary amides is 1. The quantitative estimate of drug-likeness (QED) is 0.207. The average Bonchev–Trinajstić information content (AvgIpc) is 3.80. The Morgan fingerprint density at radius 1 is 0.895 bits per heavy atom. The van der Waals surface area contributed by atoms with Gasteiger partial charge in [0.15, 0.2) is 0 Å². The molecule has 2 saturated heterocycles. The van der Waals surface area contributed by atoms with Gasteiger partial charge in [-0.3, -0.25) is 24.0 Å². The molecule has 1 aliphatic carbocycles. The SMILES string of the molecule is CC1(C)CCN(CC(NC(=O)NC(C(=O)N2CCCC2C(=O)NC(CC2CC2)C(=O)C(N)=O)C(C)(C)C)C(C)(C)C)C(=O)C1.O=C(O)N1CCc2ccccc2C1. The normalized spacial score (nSPS) is 20.9. The van der Waals surface area contributed by atoms with Crippen LogP contribution in [-0.2, 0) is 36.9 Å². The Bertz CT molecular complexity index is 1680. The summed E-state index contributed by atoms with van der Waals surface area (Å²) in [6, 6.07) is 4.29. The lowest BCUT2D eigenvalue weighted by Gasteiger charge is -2.41. The predicted octanol–water partition coefficient (Wildman–Crippen LogP) is 3.82. The third kappa shape index (κ3) is 12.6. The number of fused-ring (bicyclic) bond motifs is 1. The highest BCUT2D eigenvalue weighted by atomic mass is 16.4. The number of urea groups is 1. The van der Waals surface area contributed by atoms with Crippen LogP contribution < -0.4 is 21.7 Å². The number of nitrogens with one attached hydrogen (secondary N) is 3. The number of nitrogens with two attached hydrogens (primary N) is 1. The van der Waals surface area contributed by atoms with Crippen LogP contribution in [0.5, 0.6) is 0 Å². The number of ketones is 1. The second kappa shape index (κ2) is 18.3. The number of carboxylic acid groups (broad SMARTS) is 1. The average molecular weight is 796 g/mol. The lowest BCUT2D eigenvalue weighted by molar-refractivity contribution is -0.143. The van der Waals surface area contributed by atoms with E-state index in [0.29, 0.717) is 58.4 Å². The molecule has 0 bridgehead atoms. The molecule has 4 atom stereocenters. The Hall–Kier alpha value is -4.69. The van der Waals surface area contributed by atoms with Gasteiger partial charge in [-0.05, 0) is 65.4 Å². The first-order valence-corrected chi connectivity index (χ1v) is 20.3. The van der Waals surface area contributed by atoms with Gasteiger partial charge in [-0.2, -0.15) is 0 Å². The highest BCUT2D eigenvalue weighted by molar-refractivity contribution is 6.37. The number of Topliss-reactive ketones (excluding diaryl/α,β-unsaturated/α-hetero) is 1. The summed E-state index contributed by atoms with van der Waals surface area (Å²) in [7, 11) is 0. The van der Waals surface area contributed by atoms with E-state index in [1.165, 1.54) is 15.4 Å². The largest absolute Gasteiger partial charge is 0.465 e. The first kappa shape index (κ1) is 45.0. The fourth-order valence-corrected chi connectivity index (χ4v) is 7.59. The summed E-state index contributed by atoms with van der Waals surface area (Å²) in [4.78, 5) is 93.1. The summed E-state index contributed by atoms with van der Waals surface area (Å²) < 4.78 is 0. The molecule has 15 nitrogen and oxygen atoms in total. The Balaban J connectivity index is 0.000000463. The number of nitrogens with zero attached hydrogens (tertiary/aromatic N) is 3. The van der Waals surface area contributed by atoms with Gasteiger partial charge in [0.2, 0.25) is 23.5 Å². The van der Waals surface area contributed by atoms with Gasteiger partial charge in [0.25, 0.3) is 5.91 Å². The Kier molecular flexibility index (Phi) is 14.4. The number of rotatable bonds is 11. The maximum absolute atomic E-state index is 14.0. The van der Waals surface area contributed by atoms with Crippen molar-refractivity contribution in [2.24, 2.45) is 27.9 Å². The van der Waals surface area contributed by atoms with Gasteiger partial charge in [-0.25, -0.2) is 9.59 Å². The van der Waals surface area contributed by atoms with Gasteiger partial charge in [-0.15, -0.1) is 0 Å². The van der Waals surface area contributed by atoms with Crippen molar-refractivity contribution in [1.29, 1.82) is 0 Å². The number of carbonyl (C=O) groups excluding carboxylic acids is 6. The number of benzene rings is 1. The standard InChI is InChI=1S/C32H54N6O6.C10H11NO2/c1-30(2,3)22(18-37-15-13-32(7,8)17-23(37)39)35-29(44)36-25(31(4,5)6)28(43)38-14-9-10-21(38)27(42)34-20(16-19-11-12-19)24(40)26(33)41;12-10(13)11-6-5-8-3-1-2-4-9(8)7-11/h19-22,25H,9-18H2,1-8H3,(H2,33,41)(H,34,42)(H2,35,36,44);1-4H,5-7H2,(H,12,13). The molecule has 7 amide bonds. The van der Waals surface area contributed by atoms with Crippen LogP contribution in [0.1, 0.15) is 111 Å². The number of carbonyl (C=O) groups is 7. The van der Waals surface area contributed by atoms with Gasteiger partial charge >= 0.3 is 12.1 Å². The summed E-state index contributed by atoms with van der Waals surface area (Å²) in [6.45, 7) is 18.1. The molecule has 0 radical (unpaired) electrons. The third-order valence-corrected chi connectivity index (χ3v) is 11.6. The van der Waals surface area contributed by atoms with Crippen LogP contribution in [-0.4, -0.2) is 112 Å². The van der Waals surface area contributed by atoms with E-state index in [9.17, 15) is 33.6 Å². The predicted molar refractivity (Wildman–Crippen MR) is 215 cm³/mol. The summed E-state index contributed by atoms with van der Waals surface area (Å²) in [6.07, 6.45) is 4.52. The summed E-state index contributed by atoms with van der Waals surface area (Å²) in [5.41, 5.74) is 6.53. The van der Waals surface area contributed by atoms with E-state index in [1.807, 2.05) is 59.7 Å². The summed E-state index contributed by atoms with van der Waals surface area (Å²) >= 11 is 0. The molecular weight excluding hydrogens is 731 g/mol. The fraction of sp³-hybridized carbons (Fsp3) is 0.690. The van der Waals surface area contributed by atoms with Crippen molar-refractivity contribution in [1.82, 2.24) is 30.7 Å². The number of piperidine rings is 1. The van der Waals surface area contributed by atoms with Crippen molar-refractivity contribution in [2.45, 2.75) is 137 Å². The minimum atomic E-state index is -1.10. The van der Waals surface area contributed by atoms with Gasteiger partial charge in [0, 0.05) is 39.1 Å². The van der Waals surface area contributed by atoms with Crippen molar-refractivity contribution in [3.8, 4) is 0 Å². The van der Waals surface area contributed by atoms with E-state index >= 15 is 0 Å². The topological polar surface area (TPSA) is 212 Å². The van der Waals surface area contributed by atoms with Crippen molar-refractivity contribution in [3.05, 3.63) is 35.4 Å². The molecule has 3 aliphatic heterocycles. The summed E-state index contributed by atoms with van der Waals surface area (Å²) in [5.74, 6) is -2.51. The monoisotopic (exact) mass is 795 g/mol. The third-order valence-electron chi connectivity index (χ3n) is 11.6. The van der Waals surface area contributed by atoms with Gasteiger partial charge in [0.1, 0.15) is 12.1 Å². The second-order valence-electron chi connectivity index (χ2n) is 19.1. The van der Waals surface area contributed by atoms with Crippen molar-refractivity contribution in [3.63, 3.8) is 0 Å². The number of hydrogen-bond acceptors (Lipinski definition) is 7. The van der Waals surface area contributed by atoms with Crippen LogP contribution >= 0.6 is 0 Å². The summed E-state index contributed by atoms with van der Waals surface area (Å²) in [5, 5.41) is 17.4. The van der Waals surface area contributed by atoms with Gasteiger partial charge in [0.05, 0.1) is 12.1 Å². The van der Waals surface area contributed by atoms with Crippen molar-refractivity contribution < 1.29 is 38.7 Å². The van der Waals surface area contributed by atoms with Crippen LogP contribution in [0.4, 0.5) is 9.59 Å². The van der Waals surface area contributed by atoms with E-state index in [4.69, 9.17) is 10.8 Å². The molecule has 0 spiro atoms. The lowest BCUT2D eigenvalue weighted by atomic mass is 9.81. The first-order valence-electron chi connectivity index (χ1n) is 20.3. The molecule has 4 aliphatic rings. The van der Waals surface area contributed by atoms with Gasteiger partial charge in [-0.1, -0.05) is 92.5 Å². The van der Waals surface area contributed by atoms with Gasteiger partial charge < -0.3 is 41.5 Å². The van der Waals surface area contributed by atoms with Crippen LogP contribution in [0.25, 0.3) is 0 Å². The number of amides is 7. The minimum absolute atomic E-state index is 0.0459. The molecule has 1 aromatic rings. The molecule has 1 aromatic carbocycles. The van der Waals surface area contributed by atoms with E-state index in [1.54, 1.807) is 4.90 Å². The molecule has 316 valence electrons. The van der Waals surface area contributed by atoms with E-state index in [2.05, 4.69) is 35.9 Å². The maximum Gasteiger partial charge on any atom is 0.407 e. The maximum atomic E-state index is 14.0. The van der Waals surface area contributed by atoms with E-state index in [-0.39, 0.29) is 28.7 Å². The fourth-order valence-electron chi connectivity index (χ4n) is 7.59. The molecular formula is C42H65N7O8. The molecule has 15 heteroatoms. The smallest absolute Gasteiger partial charge is 0.407 e. The number of likely N-dealkylation sites (tertiary alicyclic amines) is 2. The van der Waals surface area contributed by atoms with E-state index < -0.39 is 59.2 Å². The molecule has 5 rings (SSSR count). The van der Waals surface area contributed by atoms with Crippen molar-refractivity contribution in [2.75, 3.05) is 26.2 Å². The van der Waals surface area contributed by atoms with Crippen LogP contribution in [0.2, 0.25) is 0 Å². The number of hydrogen-bond donors (Lipinski definition) is 5. The molecule has 4 unspecified atom stereocenters. The molecule has 3 fully saturated rings.